The van der Waals surface area contributed by atoms with Crippen LogP contribution < -0.4 is 0 Å². The SMILES string of the molecule is N#Cc1cc(C#N)c(-n2c3ccc(-n4c5ccccc5c5ccccc54)cc3c3c4oc5ccccc5c4ccc32)c(-n2c3ccc(-n4c5ccccc5c5ccccc54)cc3c3c4oc5ccccc5c4ccc32)c1. The summed E-state index contributed by atoms with van der Waals surface area (Å²) in [6.45, 7) is 0. The van der Waals surface area contributed by atoms with Crippen molar-refractivity contribution in [3.8, 4) is 34.9 Å². The lowest BCUT2D eigenvalue weighted by atomic mass is 10.1. The number of benzene rings is 11. The summed E-state index contributed by atoms with van der Waals surface area (Å²) in [6, 6.07) is 81.1. The Morgan fingerprint density at radius 3 is 1.16 bits per heavy atom. The van der Waals surface area contributed by atoms with Crippen LogP contribution in [-0.2, 0) is 0 Å². The van der Waals surface area contributed by atoms with Crippen molar-refractivity contribution in [2.75, 3.05) is 0 Å². The van der Waals surface area contributed by atoms with Gasteiger partial charge in [-0.15, -0.1) is 0 Å². The number of hydrogen-bond acceptors (Lipinski definition) is 4. The van der Waals surface area contributed by atoms with E-state index in [4.69, 9.17) is 8.83 Å². The zero-order chi connectivity index (χ0) is 49.9. The Labute approximate surface area is 431 Å². The fraction of sp³-hybridized carbons (Fsp3) is 0. The van der Waals surface area contributed by atoms with Gasteiger partial charge in [-0.05, 0) is 109 Å². The second-order valence-corrected chi connectivity index (χ2v) is 19.8. The van der Waals surface area contributed by atoms with Crippen LogP contribution in [-0.4, -0.2) is 18.3 Å². The Bertz CT molecular complexity index is 5420. The molecule has 0 amide bonds. The van der Waals surface area contributed by atoms with Crippen LogP contribution in [0.4, 0.5) is 0 Å². The molecule has 0 atom stereocenters. The maximum Gasteiger partial charge on any atom is 0.145 e. The lowest BCUT2D eigenvalue weighted by Crippen LogP contribution is -2.07. The Hall–Kier alpha value is -10.8. The molecule has 0 unspecified atom stereocenters. The molecule has 0 spiro atoms. The molecule has 6 aromatic heterocycles. The molecule has 0 saturated carbocycles. The minimum atomic E-state index is 0.353. The van der Waals surface area contributed by atoms with Gasteiger partial charge in [-0.1, -0.05) is 109 Å². The zero-order valence-corrected chi connectivity index (χ0v) is 40.3. The van der Waals surface area contributed by atoms with Crippen LogP contribution in [0.1, 0.15) is 11.1 Å². The van der Waals surface area contributed by atoms with E-state index in [9.17, 15) is 10.5 Å². The number of para-hydroxylation sites is 6. The van der Waals surface area contributed by atoms with Gasteiger partial charge in [0.1, 0.15) is 28.4 Å². The first-order valence-corrected chi connectivity index (χ1v) is 25.4. The summed E-state index contributed by atoms with van der Waals surface area (Å²) in [5.41, 5.74) is 15.1. The third-order valence-electron chi connectivity index (χ3n) is 16.0. The summed E-state index contributed by atoms with van der Waals surface area (Å²) in [4.78, 5) is 0. The highest BCUT2D eigenvalue weighted by Crippen LogP contribution is 2.47. The van der Waals surface area contributed by atoms with Crippen LogP contribution in [0, 0.1) is 22.7 Å². The molecule has 0 N–H and O–H groups in total. The van der Waals surface area contributed by atoms with Crippen molar-refractivity contribution < 1.29 is 8.83 Å². The number of rotatable bonds is 4. The van der Waals surface area contributed by atoms with E-state index in [0.29, 0.717) is 22.5 Å². The molecule has 0 radical (unpaired) electrons. The highest BCUT2D eigenvalue weighted by Gasteiger charge is 2.28. The van der Waals surface area contributed by atoms with Gasteiger partial charge in [0.2, 0.25) is 0 Å². The molecule has 11 aromatic carbocycles. The van der Waals surface area contributed by atoms with Crippen molar-refractivity contribution >= 4 is 131 Å². The van der Waals surface area contributed by atoms with Crippen molar-refractivity contribution in [2.24, 2.45) is 0 Å². The first-order chi connectivity index (χ1) is 37.6. The van der Waals surface area contributed by atoms with Crippen LogP contribution in [0.2, 0.25) is 0 Å². The maximum absolute atomic E-state index is 11.5. The molecular weight excluding hydrogens is 933 g/mol. The van der Waals surface area contributed by atoms with Crippen molar-refractivity contribution in [1.82, 2.24) is 18.3 Å². The van der Waals surface area contributed by atoms with Crippen molar-refractivity contribution in [3.63, 3.8) is 0 Å². The molecule has 0 saturated heterocycles. The van der Waals surface area contributed by atoms with E-state index in [1.165, 1.54) is 21.5 Å². The quantitative estimate of drug-likeness (QED) is 0.176. The van der Waals surface area contributed by atoms with Gasteiger partial charge in [0, 0.05) is 65.2 Å². The van der Waals surface area contributed by atoms with Crippen LogP contribution >= 0.6 is 0 Å². The Balaban J connectivity index is 1.02. The maximum atomic E-state index is 11.5. The van der Waals surface area contributed by atoms with E-state index in [-0.39, 0.29) is 0 Å². The van der Waals surface area contributed by atoms with Gasteiger partial charge in [0.15, 0.2) is 0 Å². The Morgan fingerprint density at radius 1 is 0.303 bits per heavy atom. The van der Waals surface area contributed by atoms with Gasteiger partial charge in [0.05, 0.1) is 83.5 Å². The predicted octanol–water partition coefficient (Wildman–Crippen LogP) is 17.6. The molecule has 0 fully saturated rings. The van der Waals surface area contributed by atoms with Crippen molar-refractivity contribution in [1.29, 1.82) is 10.5 Å². The van der Waals surface area contributed by atoms with Crippen molar-refractivity contribution in [3.05, 3.63) is 230 Å². The third kappa shape index (κ3) is 5.28. The fourth-order valence-corrected chi connectivity index (χ4v) is 12.9. The largest absolute Gasteiger partial charge is 0.455 e. The third-order valence-corrected chi connectivity index (χ3v) is 16.0. The van der Waals surface area contributed by atoms with Crippen LogP contribution in [0.15, 0.2) is 227 Å². The topological polar surface area (TPSA) is 93.6 Å². The molecule has 6 heterocycles. The van der Waals surface area contributed by atoms with Gasteiger partial charge in [-0.3, -0.25) is 0 Å². The highest BCUT2D eigenvalue weighted by atomic mass is 16.3. The van der Waals surface area contributed by atoms with E-state index in [2.05, 4.69) is 200 Å². The molecule has 0 bridgehead atoms. The smallest absolute Gasteiger partial charge is 0.145 e. The van der Waals surface area contributed by atoms with Gasteiger partial charge < -0.3 is 27.1 Å². The lowest BCUT2D eigenvalue weighted by molar-refractivity contribution is 0.672. The van der Waals surface area contributed by atoms with Crippen molar-refractivity contribution in [2.45, 2.75) is 0 Å². The monoisotopic (exact) mass is 968 g/mol. The number of aromatic nitrogens is 4. The molecule has 8 nitrogen and oxygen atoms in total. The van der Waals surface area contributed by atoms with Gasteiger partial charge >= 0.3 is 0 Å². The lowest BCUT2D eigenvalue weighted by Gasteiger charge is -2.19. The minimum Gasteiger partial charge on any atom is -0.455 e. The first kappa shape index (κ1) is 40.8. The molecule has 17 rings (SSSR count). The first-order valence-electron chi connectivity index (χ1n) is 25.4. The number of nitriles is 2. The summed E-state index contributed by atoms with van der Waals surface area (Å²) in [6.07, 6.45) is 0. The summed E-state index contributed by atoms with van der Waals surface area (Å²) in [7, 11) is 0. The minimum absolute atomic E-state index is 0.353. The Morgan fingerprint density at radius 2 is 0.697 bits per heavy atom. The highest BCUT2D eigenvalue weighted by molar-refractivity contribution is 6.26. The average Bonchev–Trinajstić information content (AvgIpc) is 4.40. The summed E-state index contributed by atoms with van der Waals surface area (Å²) in [5.74, 6) is 0. The predicted molar refractivity (Wildman–Crippen MR) is 308 cm³/mol. The fourth-order valence-electron chi connectivity index (χ4n) is 12.9. The molecule has 8 heteroatoms. The molecule has 350 valence electrons. The molecule has 17 aromatic rings. The van der Waals surface area contributed by atoms with E-state index in [1.807, 2.05) is 42.5 Å². The van der Waals surface area contributed by atoms with Crippen LogP contribution in [0.5, 0.6) is 0 Å². The second kappa shape index (κ2) is 14.9. The van der Waals surface area contributed by atoms with Gasteiger partial charge in [-0.25, -0.2) is 0 Å². The molecule has 76 heavy (non-hydrogen) atoms. The number of nitrogens with zero attached hydrogens (tertiary/aromatic N) is 6. The molecule has 0 aliphatic carbocycles. The number of fused-ring (bicyclic) bond motifs is 20. The molecular formula is C68H36N6O2. The number of hydrogen-bond donors (Lipinski definition) is 0. The molecule has 0 aliphatic rings. The van der Waals surface area contributed by atoms with Gasteiger partial charge in [-0.2, -0.15) is 10.5 Å². The second-order valence-electron chi connectivity index (χ2n) is 19.8. The summed E-state index contributed by atoms with van der Waals surface area (Å²) < 4.78 is 23.0. The standard InChI is InChI=1S/C68H36N6O2/c69-37-39-33-40(38-70)66(74-58-30-26-42(72-55-21-9-3-15-45(55)46-16-4-10-22-56(46)72)36-52(58)65-60(74)32-28-50-48-18-6-12-24-63(48)76-68(50)65)61(34-39)73-57-29-25-41(71-53-19-7-1-13-43(53)44-14-2-8-20-54(44)71)35-51(57)64-59(73)31-27-49-47-17-5-11-23-62(47)75-67(49)64/h1-36H. The normalized spacial score (nSPS) is 12.2. The zero-order valence-electron chi connectivity index (χ0n) is 40.3. The average molecular weight is 969 g/mol. The van der Waals surface area contributed by atoms with Crippen LogP contribution in [0.25, 0.3) is 154 Å². The number of furan rings is 2. The van der Waals surface area contributed by atoms with E-state index >= 15 is 0 Å². The van der Waals surface area contributed by atoms with Crippen LogP contribution in [0.3, 0.4) is 0 Å². The van der Waals surface area contributed by atoms with E-state index in [0.717, 1.165) is 121 Å². The van der Waals surface area contributed by atoms with E-state index in [1.54, 1.807) is 6.07 Å². The summed E-state index contributed by atoms with van der Waals surface area (Å²) in [5, 5.41) is 34.9. The Kier molecular flexibility index (Phi) is 7.99. The summed E-state index contributed by atoms with van der Waals surface area (Å²) >= 11 is 0. The van der Waals surface area contributed by atoms with E-state index < -0.39 is 0 Å². The molecule has 0 aliphatic heterocycles. The van der Waals surface area contributed by atoms with Gasteiger partial charge in [0.25, 0.3) is 0 Å².